The number of nitrogens with zero attached hydrogens (tertiary/aromatic N) is 2. The van der Waals surface area contributed by atoms with E-state index < -0.39 is 0 Å². The van der Waals surface area contributed by atoms with Crippen molar-refractivity contribution < 1.29 is 9.53 Å². The average molecular weight is 443 g/mol. The summed E-state index contributed by atoms with van der Waals surface area (Å²) in [6.45, 7) is 4.24. The van der Waals surface area contributed by atoms with Gasteiger partial charge in [0.1, 0.15) is 5.75 Å². The summed E-state index contributed by atoms with van der Waals surface area (Å²) in [6.07, 6.45) is 4.23. The van der Waals surface area contributed by atoms with Gasteiger partial charge in [-0.15, -0.1) is 11.3 Å². The number of aryl methyl sites for hydroxylation is 1. The molecule has 0 aliphatic heterocycles. The zero-order valence-electron chi connectivity index (χ0n) is 17.7. The van der Waals surface area contributed by atoms with E-state index in [-0.39, 0.29) is 5.91 Å². The molecule has 0 radical (unpaired) electrons. The summed E-state index contributed by atoms with van der Waals surface area (Å²) in [6, 6.07) is 15.3. The maximum absolute atomic E-state index is 13.1. The Labute approximate surface area is 187 Å². The molecule has 0 saturated carbocycles. The fourth-order valence-corrected chi connectivity index (χ4v) is 4.55. The zero-order valence-corrected chi connectivity index (χ0v) is 19.2. The van der Waals surface area contributed by atoms with Gasteiger partial charge in [-0.2, -0.15) is 0 Å². The molecule has 0 N–H and O–H groups in total. The van der Waals surface area contributed by atoms with E-state index in [1.54, 1.807) is 23.3 Å². The molecule has 3 rings (SSSR count). The Morgan fingerprint density at radius 3 is 2.37 bits per heavy atom. The van der Waals surface area contributed by atoms with E-state index >= 15 is 0 Å². The second kappa shape index (κ2) is 10.6. The Hall–Kier alpha value is -2.37. The third-order valence-corrected chi connectivity index (χ3v) is 6.15. The molecule has 4 nitrogen and oxygen atoms in total. The number of ether oxygens (including phenoxy) is 1. The lowest BCUT2D eigenvalue weighted by Gasteiger charge is -2.20. The van der Waals surface area contributed by atoms with Crippen molar-refractivity contribution in [3.8, 4) is 17.0 Å². The molecule has 158 valence electrons. The normalized spacial score (nSPS) is 10.8. The highest BCUT2D eigenvalue weighted by atomic mass is 35.5. The molecule has 0 unspecified atom stereocenters. The first-order chi connectivity index (χ1) is 14.6. The molecule has 0 fully saturated rings. The van der Waals surface area contributed by atoms with Crippen LogP contribution >= 0.6 is 22.9 Å². The van der Waals surface area contributed by atoms with Gasteiger partial charge in [0.05, 0.1) is 18.5 Å². The molecule has 0 bridgehead atoms. The molecule has 3 aromatic rings. The number of unbranched alkanes of at least 4 members (excludes halogenated alkanes) is 1. The van der Waals surface area contributed by atoms with Crippen molar-refractivity contribution in [3.05, 3.63) is 58.4 Å². The first kappa shape index (κ1) is 22.3. The number of rotatable bonds is 9. The van der Waals surface area contributed by atoms with Crippen LogP contribution in [0.3, 0.4) is 0 Å². The van der Waals surface area contributed by atoms with E-state index in [1.807, 2.05) is 48.5 Å². The van der Waals surface area contributed by atoms with Gasteiger partial charge >= 0.3 is 0 Å². The van der Waals surface area contributed by atoms with Crippen molar-refractivity contribution >= 4 is 39.7 Å². The van der Waals surface area contributed by atoms with Crippen molar-refractivity contribution in [1.29, 1.82) is 0 Å². The smallest absolute Gasteiger partial charge is 0.233 e. The lowest BCUT2D eigenvalue weighted by molar-refractivity contribution is -0.118. The minimum absolute atomic E-state index is 0.0530. The number of hydrogen-bond donors (Lipinski definition) is 0. The number of halogens is 1. The van der Waals surface area contributed by atoms with Crippen LogP contribution in [0.5, 0.6) is 5.75 Å². The minimum Gasteiger partial charge on any atom is -0.497 e. The maximum Gasteiger partial charge on any atom is 0.233 e. The Balaban J connectivity index is 2.05. The van der Waals surface area contributed by atoms with Gasteiger partial charge < -0.3 is 4.74 Å². The second-order valence-corrected chi connectivity index (χ2v) is 8.55. The summed E-state index contributed by atoms with van der Waals surface area (Å²) in [5, 5.41) is 1.34. The molecule has 0 saturated heterocycles. The number of amides is 1. The quantitative estimate of drug-likeness (QED) is 0.349. The van der Waals surface area contributed by atoms with Crippen LogP contribution in [0.15, 0.2) is 48.5 Å². The number of carbonyl (C=O) groups excluding carboxylic acids is 1. The number of carbonyl (C=O) groups is 1. The molecular weight excluding hydrogens is 416 g/mol. The molecule has 0 spiro atoms. The molecule has 1 heterocycles. The van der Waals surface area contributed by atoms with Gasteiger partial charge in [0.15, 0.2) is 5.13 Å². The minimum atomic E-state index is 0.0530. The highest BCUT2D eigenvalue weighted by molar-refractivity contribution is 7.16. The second-order valence-electron chi connectivity index (χ2n) is 7.06. The summed E-state index contributed by atoms with van der Waals surface area (Å²) in [5.41, 5.74) is 2.75. The third kappa shape index (κ3) is 5.21. The Bertz CT molecular complexity index is 968. The molecule has 1 amide bonds. The Morgan fingerprint density at radius 1 is 1.07 bits per heavy atom. The van der Waals surface area contributed by atoms with Crippen LogP contribution in [-0.4, -0.2) is 18.0 Å². The number of thiazole rings is 1. The first-order valence-electron chi connectivity index (χ1n) is 10.3. The van der Waals surface area contributed by atoms with Crippen molar-refractivity contribution in [2.75, 3.05) is 12.0 Å². The van der Waals surface area contributed by atoms with Gasteiger partial charge in [-0.3, -0.25) is 9.69 Å². The lowest BCUT2D eigenvalue weighted by atomic mass is 10.1. The molecule has 0 aliphatic carbocycles. The molecular formula is C24H27ClN2O2S. The highest BCUT2D eigenvalue weighted by Gasteiger charge is 2.23. The van der Waals surface area contributed by atoms with Gasteiger partial charge in [0.2, 0.25) is 5.91 Å². The number of hydrogen-bond acceptors (Lipinski definition) is 4. The summed E-state index contributed by atoms with van der Waals surface area (Å²) in [5.74, 6) is 0.862. The van der Waals surface area contributed by atoms with Gasteiger partial charge in [0, 0.05) is 21.9 Å². The van der Waals surface area contributed by atoms with Crippen LogP contribution in [0.1, 0.15) is 44.4 Å². The molecule has 6 heteroatoms. The number of anilines is 2. The molecule has 0 aliphatic rings. The lowest BCUT2D eigenvalue weighted by Crippen LogP contribution is -2.25. The summed E-state index contributed by atoms with van der Waals surface area (Å²) in [7, 11) is 1.66. The first-order valence-corrected chi connectivity index (χ1v) is 11.5. The van der Waals surface area contributed by atoms with E-state index in [1.165, 1.54) is 4.88 Å². The van der Waals surface area contributed by atoms with E-state index in [4.69, 9.17) is 21.3 Å². The summed E-state index contributed by atoms with van der Waals surface area (Å²) < 4.78 is 5.28. The van der Waals surface area contributed by atoms with Crippen LogP contribution in [0.4, 0.5) is 10.8 Å². The summed E-state index contributed by atoms with van der Waals surface area (Å²) in [4.78, 5) is 21.0. The third-order valence-electron chi connectivity index (χ3n) is 4.80. The van der Waals surface area contributed by atoms with Crippen molar-refractivity contribution in [2.45, 2.75) is 46.0 Å². The van der Waals surface area contributed by atoms with Crippen molar-refractivity contribution in [3.63, 3.8) is 0 Å². The van der Waals surface area contributed by atoms with Crippen molar-refractivity contribution in [1.82, 2.24) is 4.98 Å². The predicted octanol–water partition coefficient (Wildman–Crippen LogP) is 7.28. The fraction of sp³-hybridized carbons (Fsp3) is 0.333. The maximum atomic E-state index is 13.1. The Kier molecular flexibility index (Phi) is 7.88. The van der Waals surface area contributed by atoms with Crippen LogP contribution in [0.2, 0.25) is 5.02 Å². The zero-order chi connectivity index (χ0) is 21.5. The van der Waals surface area contributed by atoms with Gasteiger partial charge in [-0.1, -0.05) is 38.3 Å². The number of aromatic nitrogens is 1. The fourth-order valence-electron chi connectivity index (χ4n) is 3.20. The van der Waals surface area contributed by atoms with Crippen LogP contribution < -0.4 is 9.64 Å². The van der Waals surface area contributed by atoms with E-state index in [0.717, 1.165) is 48.4 Å². The van der Waals surface area contributed by atoms with Gasteiger partial charge in [0.25, 0.3) is 0 Å². The molecule has 2 aromatic carbocycles. The van der Waals surface area contributed by atoms with Crippen LogP contribution in [-0.2, 0) is 11.2 Å². The largest absolute Gasteiger partial charge is 0.497 e. The standard InChI is InChI=1S/C24H27ClN2O2S/c1-4-6-8-22(28)27(19-13-11-18(25)12-14-19)24-26-23(21(30-24)7-5-2)17-9-15-20(29-3)16-10-17/h9-16H,4-8H2,1-3H3. The molecule has 0 atom stereocenters. The van der Waals surface area contributed by atoms with Crippen LogP contribution in [0, 0.1) is 0 Å². The van der Waals surface area contributed by atoms with E-state index in [9.17, 15) is 4.79 Å². The summed E-state index contributed by atoms with van der Waals surface area (Å²) >= 11 is 7.66. The average Bonchev–Trinajstić information content (AvgIpc) is 3.17. The topological polar surface area (TPSA) is 42.4 Å². The number of methoxy groups -OCH3 is 1. The predicted molar refractivity (Wildman–Crippen MR) is 126 cm³/mol. The van der Waals surface area contributed by atoms with Gasteiger partial charge in [-0.25, -0.2) is 4.98 Å². The SMILES string of the molecule is CCCCC(=O)N(c1ccc(Cl)cc1)c1nc(-c2ccc(OC)cc2)c(CCC)s1. The molecule has 30 heavy (non-hydrogen) atoms. The van der Waals surface area contributed by atoms with Crippen LogP contribution in [0.25, 0.3) is 11.3 Å². The van der Waals surface area contributed by atoms with E-state index in [0.29, 0.717) is 16.6 Å². The van der Waals surface area contributed by atoms with E-state index in [2.05, 4.69) is 13.8 Å². The monoisotopic (exact) mass is 442 g/mol. The molecule has 1 aromatic heterocycles. The number of benzene rings is 2. The highest BCUT2D eigenvalue weighted by Crippen LogP contribution is 2.38. The van der Waals surface area contributed by atoms with Crippen molar-refractivity contribution in [2.24, 2.45) is 0 Å². The Morgan fingerprint density at radius 2 is 1.77 bits per heavy atom. The van der Waals surface area contributed by atoms with Gasteiger partial charge in [-0.05, 0) is 61.4 Å².